The Kier molecular flexibility index (Phi) is 4.38. The van der Waals surface area contributed by atoms with Crippen LogP contribution in [0, 0.1) is 5.92 Å². The second-order valence-corrected chi connectivity index (χ2v) is 5.72. The van der Waals surface area contributed by atoms with E-state index in [2.05, 4.69) is 41.0 Å². The van der Waals surface area contributed by atoms with Crippen LogP contribution in [0.1, 0.15) is 25.3 Å². The first-order chi connectivity index (χ1) is 7.75. The number of nitrogens with one attached hydrogen (secondary N) is 1. The first-order valence-electron chi connectivity index (χ1n) is 6.18. The highest BCUT2D eigenvalue weighted by Crippen LogP contribution is 2.20. The second kappa shape index (κ2) is 5.80. The number of thiophene rings is 1. The number of rotatable bonds is 4. The summed E-state index contributed by atoms with van der Waals surface area (Å²) >= 11 is 1.78. The molecule has 0 bridgehead atoms. The van der Waals surface area contributed by atoms with E-state index < -0.39 is 0 Å². The molecule has 16 heavy (non-hydrogen) atoms. The Balaban J connectivity index is 1.73. The topological polar surface area (TPSA) is 15.3 Å². The molecule has 1 aromatic rings. The molecule has 0 spiro atoms. The van der Waals surface area contributed by atoms with Crippen LogP contribution in [0.5, 0.6) is 0 Å². The van der Waals surface area contributed by atoms with Crippen molar-refractivity contribution >= 4 is 11.3 Å². The molecule has 90 valence electrons. The van der Waals surface area contributed by atoms with E-state index in [0.717, 1.165) is 12.5 Å². The van der Waals surface area contributed by atoms with Crippen LogP contribution < -0.4 is 5.32 Å². The Hall–Kier alpha value is -0.380. The molecule has 0 amide bonds. The summed E-state index contributed by atoms with van der Waals surface area (Å²) in [6.07, 6.45) is 2.68. The lowest BCUT2D eigenvalue weighted by Crippen LogP contribution is -2.40. The largest absolute Gasteiger partial charge is 0.310 e. The van der Waals surface area contributed by atoms with Crippen LogP contribution in [0.2, 0.25) is 0 Å². The predicted octanol–water partition coefficient (Wildman–Crippen LogP) is 2.57. The zero-order chi connectivity index (χ0) is 11.4. The van der Waals surface area contributed by atoms with Crippen LogP contribution in [0.3, 0.4) is 0 Å². The summed E-state index contributed by atoms with van der Waals surface area (Å²) in [5.74, 6) is 0.856. The average molecular weight is 238 g/mol. The second-order valence-electron chi connectivity index (χ2n) is 4.94. The van der Waals surface area contributed by atoms with Gasteiger partial charge in [0.05, 0.1) is 0 Å². The number of piperidine rings is 1. The van der Waals surface area contributed by atoms with E-state index in [4.69, 9.17) is 0 Å². The van der Waals surface area contributed by atoms with Crippen LogP contribution >= 0.6 is 11.3 Å². The molecule has 1 aromatic heterocycles. The minimum absolute atomic E-state index is 0.647. The summed E-state index contributed by atoms with van der Waals surface area (Å²) in [5, 5.41) is 8.04. The van der Waals surface area contributed by atoms with E-state index in [9.17, 15) is 0 Å². The normalized spacial score (nSPS) is 21.1. The van der Waals surface area contributed by atoms with Gasteiger partial charge in [0.25, 0.3) is 0 Å². The van der Waals surface area contributed by atoms with Crippen molar-refractivity contribution in [1.29, 1.82) is 0 Å². The fourth-order valence-electron chi connectivity index (χ4n) is 2.37. The van der Waals surface area contributed by atoms with Crippen LogP contribution in [0.25, 0.3) is 0 Å². The highest BCUT2D eigenvalue weighted by molar-refractivity contribution is 7.07. The molecular formula is C13H22N2S. The van der Waals surface area contributed by atoms with Gasteiger partial charge in [0.15, 0.2) is 0 Å². The molecule has 0 aromatic carbocycles. The molecule has 1 aliphatic rings. The molecule has 1 N–H and O–H groups in total. The number of hydrogen-bond donors (Lipinski definition) is 1. The maximum atomic E-state index is 3.66. The smallest absolute Gasteiger partial charge is 0.0216 e. The summed E-state index contributed by atoms with van der Waals surface area (Å²) in [5.41, 5.74) is 1.42. The molecule has 0 radical (unpaired) electrons. The maximum absolute atomic E-state index is 3.66. The fraction of sp³-hybridized carbons (Fsp3) is 0.692. The first kappa shape index (κ1) is 12.1. The van der Waals surface area contributed by atoms with Gasteiger partial charge in [0.2, 0.25) is 0 Å². The molecule has 1 aliphatic heterocycles. The highest BCUT2D eigenvalue weighted by atomic mass is 32.1. The monoisotopic (exact) mass is 238 g/mol. The van der Waals surface area contributed by atoms with Crippen molar-refractivity contribution in [2.24, 2.45) is 5.92 Å². The van der Waals surface area contributed by atoms with Crippen molar-refractivity contribution in [3.8, 4) is 0 Å². The van der Waals surface area contributed by atoms with Gasteiger partial charge in [-0.05, 0) is 68.2 Å². The number of hydrogen-bond acceptors (Lipinski definition) is 3. The van der Waals surface area contributed by atoms with E-state index in [-0.39, 0.29) is 0 Å². The minimum atomic E-state index is 0.647. The quantitative estimate of drug-likeness (QED) is 0.867. The van der Waals surface area contributed by atoms with Gasteiger partial charge >= 0.3 is 0 Å². The third kappa shape index (κ3) is 3.30. The van der Waals surface area contributed by atoms with Gasteiger partial charge in [0.1, 0.15) is 0 Å². The molecule has 1 fully saturated rings. The lowest BCUT2D eigenvalue weighted by molar-refractivity contribution is 0.189. The van der Waals surface area contributed by atoms with Gasteiger partial charge in [-0.1, -0.05) is 0 Å². The third-order valence-corrected chi connectivity index (χ3v) is 4.41. The molecule has 3 heteroatoms. The van der Waals surface area contributed by atoms with Crippen LogP contribution in [0.15, 0.2) is 16.8 Å². The Labute approximate surface area is 103 Å². The van der Waals surface area contributed by atoms with Gasteiger partial charge in [0, 0.05) is 12.6 Å². The van der Waals surface area contributed by atoms with Gasteiger partial charge in [-0.15, -0.1) is 0 Å². The molecule has 1 atom stereocenters. The first-order valence-corrected chi connectivity index (χ1v) is 7.13. The third-order valence-electron chi connectivity index (χ3n) is 3.68. The summed E-state index contributed by atoms with van der Waals surface area (Å²) in [7, 11) is 2.22. The molecule has 0 aliphatic carbocycles. The molecule has 1 saturated heterocycles. The lowest BCUT2D eigenvalue weighted by Gasteiger charge is -2.33. The van der Waals surface area contributed by atoms with E-state index in [0.29, 0.717) is 6.04 Å². The van der Waals surface area contributed by atoms with E-state index in [1.807, 2.05) is 0 Å². The Morgan fingerprint density at radius 1 is 1.50 bits per heavy atom. The summed E-state index contributed by atoms with van der Waals surface area (Å²) in [4.78, 5) is 2.43. The molecule has 0 saturated carbocycles. The summed E-state index contributed by atoms with van der Waals surface area (Å²) in [6, 6.07) is 2.85. The fourth-order valence-corrected chi connectivity index (χ4v) is 3.04. The van der Waals surface area contributed by atoms with Gasteiger partial charge in [-0.25, -0.2) is 0 Å². The highest BCUT2D eigenvalue weighted by Gasteiger charge is 2.21. The molecule has 2 heterocycles. The lowest BCUT2D eigenvalue weighted by atomic mass is 9.90. The minimum Gasteiger partial charge on any atom is -0.310 e. The number of likely N-dealkylation sites (tertiary alicyclic amines) is 1. The maximum Gasteiger partial charge on any atom is 0.0216 e. The molecular weight excluding hydrogens is 216 g/mol. The summed E-state index contributed by atoms with van der Waals surface area (Å²) in [6.45, 7) is 5.88. The molecule has 1 unspecified atom stereocenters. The van der Waals surface area contributed by atoms with Crippen molar-refractivity contribution < 1.29 is 0 Å². The Bertz CT molecular complexity index is 289. The van der Waals surface area contributed by atoms with Crippen molar-refractivity contribution in [2.45, 2.75) is 32.4 Å². The standard InChI is InChI=1S/C13H22N2S/c1-11(13-3-6-15(2)7-4-13)14-9-12-5-8-16-10-12/h5,8,10-11,13-14H,3-4,6-7,9H2,1-2H3. The van der Waals surface area contributed by atoms with Crippen LogP contribution in [-0.2, 0) is 6.54 Å². The van der Waals surface area contributed by atoms with Crippen LogP contribution in [0.4, 0.5) is 0 Å². The van der Waals surface area contributed by atoms with E-state index in [1.165, 1.54) is 31.5 Å². The number of nitrogens with zero attached hydrogens (tertiary/aromatic N) is 1. The Morgan fingerprint density at radius 3 is 2.88 bits per heavy atom. The van der Waals surface area contributed by atoms with Gasteiger partial charge in [-0.3, -0.25) is 0 Å². The van der Waals surface area contributed by atoms with E-state index in [1.54, 1.807) is 11.3 Å². The van der Waals surface area contributed by atoms with Crippen LogP contribution in [-0.4, -0.2) is 31.1 Å². The average Bonchev–Trinajstić information content (AvgIpc) is 2.80. The van der Waals surface area contributed by atoms with Crippen molar-refractivity contribution in [2.75, 3.05) is 20.1 Å². The van der Waals surface area contributed by atoms with Gasteiger partial charge in [-0.2, -0.15) is 11.3 Å². The molecule has 2 nitrogen and oxygen atoms in total. The summed E-state index contributed by atoms with van der Waals surface area (Å²) < 4.78 is 0. The van der Waals surface area contributed by atoms with Gasteiger partial charge < -0.3 is 10.2 Å². The van der Waals surface area contributed by atoms with Crippen molar-refractivity contribution in [3.63, 3.8) is 0 Å². The van der Waals surface area contributed by atoms with Crippen molar-refractivity contribution in [3.05, 3.63) is 22.4 Å². The Morgan fingerprint density at radius 2 is 2.25 bits per heavy atom. The van der Waals surface area contributed by atoms with Crippen molar-refractivity contribution in [1.82, 2.24) is 10.2 Å². The predicted molar refractivity (Wildman–Crippen MR) is 70.8 cm³/mol. The SMILES string of the molecule is CC(NCc1ccsc1)C1CCN(C)CC1. The van der Waals surface area contributed by atoms with E-state index >= 15 is 0 Å². The molecule has 2 rings (SSSR count). The zero-order valence-electron chi connectivity index (χ0n) is 10.3. The zero-order valence-corrected chi connectivity index (χ0v) is 11.1.